The number of nitriles is 1. The highest BCUT2D eigenvalue weighted by Gasteiger charge is 2.14. The number of carbonyl (C=O) groups is 1. The van der Waals surface area contributed by atoms with Crippen LogP contribution in [0.3, 0.4) is 0 Å². The molecule has 0 aromatic heterocycles. The van der Waals surface area contributed by atoms with E-state index in [1.165, 1.54) is 18.2 Å². The fourth-order valence-corrected chi connectivity index (χ4v) is 2.39. The van der Waals surface area contributed by atoms with Gasteiger partial charge in [-0.3, -0.25) is 14.9 Å². The lowest BCUT2D eigenvalue weighted by Gasteiger charge is -2.05. The molecule has 0 atom stereocenters. The standard InChI is InChI=1S/C17H12BrN3O3/c1-11-3-2-4-14(7-11)20-17(22)13(10-19)8-12-5-6-15(18)16(9-12)21(23)24/h2-9H,1H3,(H,20,22)/b13-8+. The highest BCUT2D eigenvalue weighted by Crippen LogP contribution is 2.26. The van der Waals surface area contributed by atoms with Gasteiger partial charge < -0.3 is 5.32 Å². The Labute approximate surface area is 146 Å². The summed E-state index contributed by atoms with van der Waals surface area (Å²) >= 11 is 3.09. The van der Waals surface area contributed by atoms with Gasteiger partial charge in [-0.25, -0.2) is 0 Å². The van der Waals surface area contributed by atoms with Crippen molar-refractivity contribution in [3.63, 3.8) is 0 Å². The van der Waals surface area contributed by atoms with Gasteiger partial charge in [0.15, 0.2) is 0 Å². The smallest absolute Gasteiger partial charge is 0.284 e. The molecule has 0 radical (unpaired) electrons. The Morgan fingerprint density at radius 2 is 2.08 bits per heavy atom. The summed E-state index contributed by atoms with van der Waals surface area (Å²) in [5.41, 5.74) is 1.65. The van der Waals surface area contributed by atoms with Gasteiger partial charge >= 0.3 is 0 Å². The third-order valence-corrected chi connectivity index (χ3v) is 3.79. The predicted octanol–water partition coefficient (Wildman–Crippen LogP) is 4.21. The lowest BCUT2D eigenvalue weighted by molar-refractivity contribution is -0.385. The Bertz CT molecular complexity index is 885. The largest absolute Gasteiger partial charge is 0.321 e. The molecular weight excluding hydrogens is 374 g/mol. The normalized spacial score (nSPS) is 10.8. The van der Waals surface area contributed by atoms with Crippen LogP contribution < -0.4 is 5.32 Å². The molecule has 7 heteroatoms. The van der Waals surface area contributed by atoms with E-state index in [0.717, 1.165) is 5.56 Å². The van der Waals surface area contributed by atoms with Crippen LogP contribution in [0.1, 0.15) is 11.1 Å². The molecule has 0 heterocycles. The summed E-state index contributed by atoms with van der Waals surface area (Å²) in [5, 5.41) is 22.8. The van der Waals surface area contributed by atoms with Crippen LogP contribution in [0.4, 0.5) is 11.4 Å². The van der Waals surface area contributed by atoms with E-state index in [1.54, 1.807) is 24.3 Å². The second-order valence-electron chi connectivity index (χ2n) is 4.96. The number of nitrogens with zero attached hydrogens (tertiary/aromatic N) is 2. The topological polar surface area (TPSA) is 96.0 Å². The minimum Gasteiger partial charge on any atom is -0.321 e. The zero-order valence-corrected chi connectivity index (χ0v) is 14.2. The molecule has 6 nitrogen and oxygen atoms in total. The maximum Gasteiger partial charge on any atom is 0.284 e. The van der Waals surface area contributed by atoms with Gasteiger partial charge in [-0.1, -0.05) is 18.2 Å². The minimum atomic E-state index is -0.575. The molecule has 0 aliphatic heterocycles. The van der Waals surface area contributed by atoms with Gasteiger partial charge in [0.05, 0.1) is 9.40 Å². The van der Waals surface area contributed by atoms with Gasteiger partial charge in [0, 0.05) is 11.8 Å². The average molecular weight is 386 g/mol. The molecule has 0 aliphatic carbocycles. The Kier molecular flexibility index (Phi) is 5.45. The van der Waals surface area contributed by atoms with Crippen molar-refractivity contribution in [3.05, 3.63) is 73.8 Å². The molecule has 0 saturated carbocycles. The Morgan fingerprint density at radius 1 is 1.33 bits per heavy atom. The number of nitro groups is 1. The van der Waals surface area contributed by atoms with Crippen LogP contribution in [0.2, 0.25) is 0 Å². The lowest BCUT2D eigenvalue weighted by Crippen LogP contribution is -2.13. The maximum absolute atomic E-state index is 12.2. The second-order valence-corrected chi connectivity index (χ2v) is 5.82. The fourth-order valence-electron chi connectivity index (χ4n) is 2.00. The van der Waals surface area contributed by atoms with E-state index >= 15 is 0 Å². The number of hydrogen-bond donors (Lipinski definition) is 1. The molecule has 1 N–H and O–H groups in total. The molecule has 2 aromatic carbocycles. The van der Waals surface area contributed by atoms with E-state index in [4.69, 9.17) is 0 Å². The van der Waals surface area contributed by atoms with E-state index in [9.17, 15) is 20.2 Å². The fraction of sp³-hybridized carbons (Fsp3) is 0.0588. The van der Waals surface area contributed by atoms with Gasteiger partial charge in [-0.05, 0) is 58.3 Å². The summed E-state index contributed by atoms with van der Waals surface area (Å²) in [7, 11) is 0. The third-order valence-electron chi connectivity index (χ3n) is 3.12. The number of nitro benzene ring substituents is 1. The molecule has 0 bridgehead atoms. The maximum atomic E-state index is 12.2. The highest BCUT2D eigenvalue weighted by atomic mass is 79.9. The Hall–Kier alpha value is -2.98. The van der Waals surface area contributed by atoms with Crippen molar-refractivity contribution >= 4 is 39.3 Å². The lowest BCUT2D eigenvalue weighted by atomic mass is 10.1. The first-order valence-electron chi connectivity index (χ1n) is 6.84. The Balaban J connectivity index is 2.29. The number of hydrogen-bond acceptors (Lipinski definition) is 4. The molecule has 120 valence electrons. The van der Waals surface area contributed by atoms with Gasteiger partial charge in [0.25, 0.3) is 11.6 Å². The molecule has 0 spiro atoms. The van der Waals surface area contributed by atoms with Crippen molar-refractivity contribution < 1.29 is 9.72 Å². The van der Waals surface area contributed by atoms with Crippen molar-refractivity contribution in [2.45, 2.75) is 6.92 Å². The number of amides is 1. The molecule has 0 saturated heterocycles. The number of carbonyl (C=O) groups excluding carboxylic acids is 1. The van der Waals surface area contributed by atoms with Crippen LogP contribution in [0, 0.1) is 28.4 Å². The second kappa shape index (κ2) is 7.53. The van der Waals surface area contributed by atoms with Crippen LogP contribution >= 0.6 is 15.9 Å². The minimum absolute atomic E-state index is 0.139. The highest BCUT2D eigenvalue weighted by molar-refractivity contribution is 9.10. The van der Waals surface area contributed by atoms with E-state index in [2.05, 4.69) is 21.2 Å². The Morgan fingerprint density at radius 3 is 2.71 bits per heavy atom. The van der Waals surface area contributed by atoms with Gasteiger partial charge in [-0.2, -0.15) is 5.26 Å². The summed E-state index contributed by atoms with van der Waals surface area (Å²) in [5.74, 6) is -0.575. The first-order chi connectivity index (χ1) is 11.4. The number of rotatable bonds is 4. The van der Waals surface area contributed by atoms with Crippen LogP contribution in [0.5, 0.6) is 0 Å². The quantitative estimate of drug-likeness (QED) is 0.368. The molecule has 0 aliphatic rings. The SMILES string of the molecule is Cc1cccc(NC(=O)/C(C#N)=C/c2ccc(Br)c([N+](=O)[O-])c2)c1. The monoisotopic (exact) mass is 385 g/mol. The summed E-state index contributed by atoms with van der Waals surface area (Å²) in [6, 6.07) is 13.3. The molecule has 2 rings (SSSR count). The average Bonchev–Trinajstić information content (AvgIpc) is 2.53. The van der Waals surface area contributed by atoms with E-state index in [1.807, 2.05) is 19.1 Å². The van der Waals surface area contributed by atoms with Gasteiger partial charge in [-0.15, -0.1) is 0 Å². The van der Waals surface area contributed by atoms with E-state index in [0.29, 0.717) is 15.7 Å². The summed E-state index contributed by atoms with van der Waals surface area (Å²) in [6.45, 7) is 1.89. The van der Waals surface area contributed by atoms with E-state index in [-0.39, 0.29) is 11.3 Å². The van der Waals surface area contributed by atoms with Crippen molar-refractivity contribution in [3.8, 4) is 6.07 Å². The summed E-state index contributed by atoms with van der Waals surface area (Å²) in [4.78, 5) is 22.6. The zero-order valence-electron chi connectivity index (χ0n) is 12.6. The van der Waals surface area contributed by atoms with Crippen molar-refractivity contribution in [2.75, 3.05) is 5.32 Å². The molecule has 2 aromatic rings. The predicted molar refractivity (Wildman–Crippen MR) is 94.2 cm³/mol. The number of benzene rings is 2. The van der Waals surface area contributed by atoms with Crippen LogP contribution in [-0.2, 0) is 4.79 Å². The number of anilines is 1. The van der Waals surface area contributed by atoms with Crippen LogP contribution in [-0.4, -0.2) is 10.8 Å². The molecule has 24 heavy (non-hydrogen) atoms. The first-order valence-corrected chi connectivity index (χ1v) is 7.64. The summed E-state index contributed by atoms with van der Waals surface area (Å²) < 4.78 is 0.326. The van der Waals surface area contributed by atoms with Crippen molar-refractivity contribution in [1.82, 2.24) is 0 Å². The summed E-state index contributed by atoms with van der Waals surface area (Å²) in [6.07, 6.45) is 1.31. The van der Waals surface area contributed by atoms with Crippen LogP contribution in [0.25, 0.3) is 6.08 Å². The van der Waals surface area contributed by atoms with E-state index < -0.39 is 10.8 Å². The molecule has 0 fully saturated rings. The van der Waals surface area contributed by atoms with Crippen LogP contribution in [0.15, 0.2) is 52.5 Å². The number of nitrogens with one attached hydrogen (secondary N) is 1. The van der Waals surface area contributed by atoms with Gasteiger partial charge in [0.2, 0.25) is 0 Å². The number of halogens is 1. The molecule has 0 unspecified atom stereocenters. The first kappa shape index (κ1) is 17.4. The zero-order chi connectivity index (χ0) is 17.7. The van der Waals surface area contributed by atoms with Crippen molar-refractivity contribution in [1.29, 1.82) is 5.26 Å². The van der Waals surface area contributed by atoms with Crippen molar-refractivity contribution in [2.24, 2.45) is 0 Å². The van der Waals surface area contributed by atoms with Gasteiger partial charge in [0.1, 0.15) is 11.6 Å². The number of aryl methyl sites for hydroxylation is 1. The third kappa shape index (κ3) is 4.27. The molecule has 1 amide bonds. The molecular formula is C17H12BrN3O3.